The van der Waals surface area contributed by atoms with E-state index in [2.05, 4.69) is 15.9 Å². The summed E-state index contributed by atoms with van der Waals surface area (Å²) in [7, 11) is 0. The van der Waals surface area contributed by atoms with Crippen molar-refractivity contribution in [3.8, 4) is 0 Å². The first-order valence-electron chi connectivity index (χ1n) is 9.69. The Kier molecular flexibility index (Phi) is 4.30. The van der Waals surface area contributed by atoms with E-state index in [1.165, 1.54) is 6.42 Å². The Labute approximate surface area is 150 Å². The second-order valence-electron chi connectivity index (χ2n) is 8.30. The zero-order valence-electron chi connectivity index (χ0n) is 15.3. The fourth-order valence-corrected chi connectivity index (χ4v) is 4.69. The van der Waals surface area contributed by atoms with Gasteiger partial charge in [-0.3, -0.25) is 9.59 Å². The Morgan fingerprint density at radius 1 is 0.920 bits per heavy atom. The number of carbonyl (C=O) groups is 2. The monoisotopic (exact) mass is 340 g/mol. The maximum absolute atomic E-state index is 13.1. The Morgan fingerprint density at radius 2 is 1.64 bits per heavy atom. The average Bonchev–Trinajstić information content (AvgIpc) is 2.83. The van der Waals surface area contributed by atoms with Crippen LogP contribution in [0.1, 0.15) is 53.6 Å². The average molecular weight is 340 g/mol. The summed E-state index contributed by atoms with van der Waals surface area (Å²) >= 11 is 0. The molecule has 5 rings (SSSR count). The summed E-state index contributed by atoms with van der Waals surface area (Å²) in [5, 5.41) is 0. The van der Waals surface area contributed by atoms with Gasteiger partial charge in [-0.25, -0.2) is 0 Å². The molecule has 2 bridgehead atoms. The van der Waals surface area contributed by atoms with Crippen molar-refractivity contribution in [3.05, 3.63) is 34.9 Å². The topological polar surface area (TPSA) is 40.6 Å². The summed E-state index contributed by atoms with van der Waals surface area (Å²) in [6.07, 6.45) is 5.45. The Balaban J connectivity index is 1.53. The number of hydrogen-bond donors (Lipinski definition) is 0. The van der Waals surface area contributed by atoms with Crippen LogP contribution in [0.3, 0.4) is 0 Å². The third-order valence-corrected chi connectivity index (χ3v) is 6.21. The van der Waals surface area contributed by atoms with Crippen molar-refractivity contribution in [2.24, 2.45) is 11.8 Å². The van der Waals surface area contributed by atoms with Gasteiger partial charge in [0.25, 0.3) is 5.91 Å². The van der Waals surface area contributed by atoms with Gasteiger partial charge in [0.15, 0.2) is 0 Å². The molecule has 0 radical (unpaired) electrons. The summed E-state index contributed by atoms with van der Waals surface area (Å²) in [5.74, 6) is 1.15. The quantitative estimate of drug-likeness (QED) is 0.830. The number of rotatable bonds is 2. The molecule has 1 aromatic rings. The molecule has 4 aliphatic rings. The smallest absolute Gasteiger partial charge is 0.254 e. The molecule has 2 atom stereocenters. The van der Waals surface area contributed by atoms with Crippen LogP contribution in [0.5, 0.6) is 0 Å². The number of nitrogens with zero attached hydrogens (tertiary/aromatic N) is 2. The van der Waals surface area contributed by atoms with Crippen molar-refractivity contribution in [2.45, 2.75) is 52.0 Å². The highest BCUT2D eigenvalue weighted by Crippen LogP contribution is 2.33. The normalized spacial score (nSPS) is 26.3. The van der Waals surface area contributed by atoms with Gasteiger partial charge < -0.3 is 9.80 Å². The van der Waals surface area contributed by atoms with Crippen LogP contribution in [-0.2, 0) is 4.79 Å². The zero-order chi connectivity index (χ0) is 17.6. The molecular formula is C21H28N2O2. The fraction of sp³-hybridized carbons (Fsp3) is 0.619. The van der Waals surface area contributed by atoms with Crippen LogP contribution in [-0.4, -0.2) is 47.3 Å². The number of hydrogen-bond acceptors (Lipinski definition) is 2. The molecule has 0 aromatic heterocycles. The largest absolute Gasteiger partial charge is 0.340 e. The molecule has 3 aliphatic heterocycles. The van der Waals surface area contributed by atoms with Crippen LogP contribution in [0.2, 0.25) is 0 Å². The van der Waals surface area contributed by atoms with Gasteiger partial charge in [0.05, 0.1) is 0 Å². The minimum absolute atomic E-state index is 0.138. The highest BCUT2D eigenvalue weighted by atomic mass is 16.2. The summed E-state index contributed by atoms with van der Waals surface area (Å²) in [6.45, 7) is 6.44. The molecule has 0 spiro atoms. The van der Waals surface area contributed by atoms with Crippen LogP contribution in [0, 0.1) is 25.7 Å². The first kappa shape index (κ1) is 16.6. The Morgan fingerprint density at radius 3 is 2.28 bits per heavy atom. The van der Waals surface area contributed by atoms with E-state index in [1.807, 2.05) is 26.0 Å². The van der Waals surface area contributed by atoms with Gasteiger partial charge in [-0.2, -0.15) is 0 Å². The molecular weight excluding hydrogens is 312 g/mol. The molecule has 0 N–H and O–H groups in total. The lowest BCUT2D eigenvalue weighted by Crippen LogP contribution is -2.48. The van der Waals surface area contributed by atoms with Crippen molar-refractivity contribution in [2.75, 3.05) is 19.6 Å². The number of piperidine rings is 1. The number of fused-ring (bicyclic) bond motifs is 4. The SMILES string of the molecule is Cc1cc(C)cc(C(=O)N2C[C@H]3CC[C@@H]2CN(C(=O)C2CCC2)C3)c1. The lowest BCUT2D eigenvalue weighted by atomic mass is 9.84. The summed E-state index contributed by atoms with van der Waals surface area (Å²) in [5.41, 5.74) is 3.05. The molecule has 3 heterocycles. The minimum Gasteiger partial charge on any atom is -0.340 e. The predicted molar refractivity (Wildman–Crippen MR) is 97.4 cm³/mol. The van der Waals surface area contributed by atoms with Crippen LogP contribution in [0.25, 0.3) is 0 Å². The van der Waals surface area contributed by atoms with E-state index >= 15 is 0 Å². The Hall–Kier alpha value is -1.84. The van der Waals surface area contributed by atoms with Gasteiger partial charge in [0, 0.05) is 37.2 Å². The molecule has 4 fully saturated rings. The zero-order valence-corrected chi connectivity index (χ0v) is 15.3. The van der Waals surface area contributed by atoms with Gasteiger partial charge in [-0.05, 0) is 57.6 Å². The molecule has 25 heavy (non-hydrogen) atoms. The molecule has 2 amide bonds. The van der Waals surface area contributed by atoms with E-state index in [0.717, 1.165) is 62.0 Å². The van der Waals surface area contributed by atoms with Crippen LogP contribution >= 0.6 is 0 Å². The van der Waals surface area contributed by atoms with E-state index in [-0.39, 0.29) is 17.9 Å². The molecule has 1 aromatic carbocycles. The Bertz CT molecular complexity index is 675. The van der Waals surface area contributed by atoms with E-state index < -0.39 is 0 Å². The standard InChI is InChI=1S/C21H28N2O2/c1-14-8-15(2)10-18(9-14)21(25)23-12-16-6-7-19(23)13-22(11-16)20(24)17-4-3-5-17/h8-10,16-17,19H,3-7,11-13H2,1-2H3/t16-,19+/m0/s1. The molecule has 4 heteroatoms. The highest BCUT2D eigenvalue weighted by molar-refractivity contribution is 5.95. The molecule has 4 nitrogen and oxygen atoms in total. The van der Waals surface area contributed by atoms with Crippen LogP contribution in [0.4, 0.5) is 0 Å². The summed E-state index contributed by atoms with van der Waals surface area (Å²) in [4.78, 5) is 30.0. The van der Waals surface area contributed by atoms with E-state index in [1.54, 1.807) is 0 Å². The number of carbonyl (C=O) groups excluding carboxylic acids is 2. The van der Waals surface area contributed by atoms with Gasteiger partial charge in [0.2, 0.25) is 5.91 Å². The number of amides is 2. The maximum atomic E-state index is 13.1. The first-order valence-corrected chi connectivity index (χ1v) is 9.69. The van der Waals surface area contributed by atoms with Crippen LogP contribution in [0.15, 0.2) is 18.2 Å². The summed E-state index contributed by atoms with van der Waals surface area (Å²) < 4.78 is 0. The lowest BCUT2D eigenvalue weighted by molar-refractivity contribution is -0.138. The lowest BCUT2D eigenvalue weighted by Gasteiger charge is -2.36. The van der Waals surface area contributed by atoms with Gasteiger partial charge >= 0.3 is 0 Å². The van der Waals surface area contributed by atoms with Crippen molar-refractivity contribution >= 4 is 11.8 Å². The van der Waals surface area contributed by atoms with Crippen LogP contribution < -0.4 is 0 Å². The first-order chi connectivity index (χ1) is 12.0. The van der Waals surface area contributed by atoms with Crippen molar-refractivity contribution < 1.29 is 9.59 Å². The van der Waals surface area contributed by atoms with E-state index in [9.17, 15) is 9.59 Å². The minimum atomic E-state index is 0.138. The second-order valence-corrected chi connectivity index (χ2v) is 8.30. The van der Waals surface area contributed by atoms with Gasteiger partial charge in [0.1, 0.15) is 0 Å². The summed E-state index contributed by atoms with van der Waals surface area (Å²) in [6, 6.07) is 6.26. The van der Waals surface area contributed by atoms with E-state index in [4.69, 9.17) is 0 Å². The third kappa shape index (κ3) is 3.19. The van der Waals surface area contributed by atoms with Gasteiger partial charge in [-0.1, -0.05) is 23.6 Å². The number of aryl methyl sites for hydroxylation is 2. The molecule has 3 saturated heterocycles. The second kappa shape index (κ2) is 6.47. The fourth-order valence-electron chi connectivity index (χ4n) is 4.69. The third-order valence-electron chi connectivity index (χ3n) is 6.21. The van der Waals surface area contributed by atoms with Gasteiger partial charge in [-0.15, -0.1) is 0 Å². The van der Waals surface area contributed by atoms with Crippen molar-refractivity contribution in [1.82, 2.24) is 9.80 Å². The number of benzene rings is 1. The van der Waals surface area contributed by atoms with Crippen molar-refractivity contribution in [1.29, 1.82) is 0 Å². The predicted octanol–water partition coefficient (Wildman–Crippen LogP) is 3.17. The molecule has 1 saturated carbocycles. The molecule has 0 unspecified atom stereocenters. The van der Waals surface area contributed by atoms with E-state index in [0.29, 0.717) is 11.8 Å². The highest BCUT2D eigenvalue weighted by Gasteiger charge is 2.40. The van der Waals surface area contributed by atoms with Crippen molar-refractivity contribution in [3.63, 3.8) is 0 Å². The molecule has 1 aliphatic carbocycles. The maximum Gasteiger partial charge on any atom is 0.254 e. The molecule has 134 valence electrons.